The van der Waals surface area contributed by atoms with Gasteiger partial charge < -0.3 is 9.84 Å². The Morgan fingerprint density at radius 1 is 1.17 bits per heavy atom. The highest BCUT2D eigenvalue weighted by molar-refractivity contribution is 5.72. The van der Waals surface area contributed by atoms with Gasteiger partial charge in [-0.2, -0.15) is 0 Å². The summed E-state index contributed by atoms with van der Waals surface area (Å²) in [5, 5.41) is 10.1. The number of rotatable bonds is 0. The molecular weight excluding hydrogens is 300 g/mol. The molecule has 4 fully saturated rings. The Bertz CT molecular complexity index is 610. The minimum atomic E-state index is -0.125. The van der Waals surface area contributed by atoms with Gasteiger partial charge in [-0.3, -0.25) is 4.79 Å². The lowest BCUT2D eigenvalue weighted by molar-refractivity contribution is -0.151. The molecule has 8 atom stereocenters. The number of carbonyl (C=O) groups is 1. The van der Waals surface area contributed by atoms with E-state index in [-0.39, 0.29) is 23.6 Å². The molecule has 3 nitrogen and oxygen atoms in total. The third-order valence-corrected chi connectivity index (χ3v) is 8.84. The van der Waals surface area contributed by atoms with Crippen molar-refractivity contribution in [1.82, 2.24) is 0 Å². The van der Waals surface area contributed by atoms with Crippen LogP contribution in [-0.4, -0.2) is 23.3 Å². The average Bonchev–Trinajstić information content (AvgIpc) is 3.03. The standard InChI is InChI=1S/C21H30O3/c1-20-7-5-14(22)11-13(20)3-4-15-16(20)6-8-21(2)17(15)9-12-10-18(23)24-19(12)21/h3,12,14-17,19,22H,4-11H2,1-2H3/t12-,14-,15-,16+,17+,19+,20+,21+/m1/s1. The van der Waals surface area contributed by atoms with Crippen LogP contribution < -0.4 is 0 Å². The maximum atomic E-state index is 11.8. The molecule has 0 spiro atoms. The van der Waals surface area contributed by atoms with Crippen molar-refractivity contribution in [3.63, 3.8) is 0 Å². The Morgan fingerprint density at radius 3 is 2.83 bits per heavy atom. The lowest BCUT2D eigenvalue weighted by atomic mass is 9.48. The van der Waals surface area contributed by atoms with Crippen LogP contribution in [0.2, 0.25) is 0 Å². The molecule has 5 aliphatic rings. The molecule has 0 radical (unpaired) electrons. The largest absolute Gasteiger partial charge is 0.461 e. The fourth-order valence-electron chi connectivity index (χ4n) is 7.60. The van der Waals surface area contributed by atoms with Gasteiger partial charge in [0.1, 0.15) is 6.10 Å². The first-order chi connectivity index (χ1) is 11.4. The van der Waals surface area contributed by atoms with E-state index >= 15 is 0 Å². The molecule has 1 N–H and O–H groups in total. The van der Waals surface area contributed by atoms with Crippen LogP contribution in [0.15, 0.2) is 11.6 Å². The summed E-state index contributed by atoms with van der Waals surface area (Å²) >= 11 is 0. The van der Waals surface area contributed by atoms with E-state index in [0.717, 1.165) is 31.1 Å². The van der Waals surface area contributed by atoms with Gasteiger partial charge in [0, 0.05) is 11.3 Å². The van der Waals surface area contributed by atoms with E-state index in [1.54, 1.807) is 0 Å². The summed E-state index contributed by atoms with van der Waals surface area (Å²) in [5.41, 5.74) is 2.04. The van der Waals surface area contributed by atoms with Crippen molar-refractivity contribution in [3.05, 3.63) is 11.6 Å². The van der Waals surface area contributed by atoms with Gasteiger partial charge in [-0.05, 0) is 68.1 Å². The Hall–Kier alpha value is -0.830. The van der Waals surface area contributed by atoms with Gasteiger partial charge in [-0.25, -0.2) is 0 Å². The van der Waals surface area contributed by atoms with Gasteiger partial charge in [0.05, 0.1) is 12.5 Å². The average molecular weight is 330 g/mol. The highest BCUT2D eigenvalue weighted by Gasteiger charge is 2.63. The van der Waals surface area contributed by atoms with Gasteiger partial charge in [-0.15, -0.1) is 0 Å². The van der Waals surface area contributed by atoms with E-state index in [2.05, 4.69) is 19.9 Å². The zero-order valence-corrected chi connectivity index (χ0v) is 15.0. The second-order valence-corrected chi connectivity index (χ2v) is 9.81. The summed E-state index contributed by atoms with van der Waals surface area (Å²) < 4.78 is 5.80. The van der Waals surface area contributed by atoms with Crippen LogP contribution in [0.25, 0.3) is 0 Å². The molecule has 0 aromatic carbocycles. The molecule has 0 bridgehead atoms. The number of aliphatic hydroxyl groups is 1. The normalized spacial score (nSPS) is 55.8. The summed E-state index contributed by atoms with van der Waals surface area (Å²) in [5.74, 6) is 2.72. The molecule has 1 heterocycles. The Kier molecular flexibility index (Phi) is 3.13. The maximum absolute atomic E-state index is 11.8. The lowest BCUT2D eigenvalue weighted by Crippen LogP contribution is -2.51. The van der Waals surface area contributed by atoms with Crippen LogP contribution in [0.4, 0.5) is 0 Å². The molecule has 3 heteroatoms. The van der Waals surface area contributed by atoms with Crippen molar-refractivity contribution in [2.24, 2.45) is 34.5 Å². The van der Waals surface area contributed by atoms with Crippen LogP contribution in [0, 0.1) is 34.5 Å². The number of ether oxygens (including phenoxy) is 1. The highest BCUT2D eigenvalue weighted by Crippen LogP contribution is 2.67. The second kappa shape index (κ2) is 4.87. The van der Waals surface area contributed by atoms with Crippen LogP contribution >= 0.6 is 0 Å². The second-order valence-electron chi connectivity index (χ2n) is 9.81. The summed E-state index contributed by atoms with van der Waals surface area (Å²) in [4.78, 5) is 11.8. The third kappa shape index (κ3) is 1.85. The van der Waals surface area contributed by atoms with Crippen molar-refractivity contribution >= 4 is 5.97 Å². The van der Waals surface area contributed by atoms with Crippen LogP contribution in [0.5, 0.6) is 0 Å². The van der Waals surface area contributed by atoms with E-state index in [9.17, 15) is 9.90 Å². The van der Waals surface area contributed by atoms with Gasteiger partial charge in [0.2, 0.25) is 0 Å². The number of allylic oxidation sites excluding steroid dienone is 1. The SMILES string of the molecule is C[C@]12CC[C@H]3[C@@H](CC=C4C[C@H](O)CC[C@@]43C)[C@@H]1C[C@@H]1CC(=O)O[C@@H]12. The molecule has 0 amide bonds. The van der Waals surface area contributed by atoms with Crippen molar-refractivity contribution in [2.75, 3.05) is 0 Å². The van der Waals surface area contributed by atoms with E-state index in [1.807, 2.05) is 0 Å². The summed E-state index contributed by atoms with van der Waals surface area (Å²) in [6.45, 7) is 4.88. The molecule has 3 saturated carbocycles. The van der Waals surface area contributed by atoms with E-state index < -0.39 is 0 Å². The molecule has 0 aromatic rings. The minimum absolute atomic E-state index is 0.0332. The number of aliphatic hydroxyl groups excluding tert-OH is 1. The number of esters is 1. The van der Waals surface area contributed by atoms with Crippen molar-refractivity contribution in [3.8, 4) is 0 Å². The monoisotopic (exact) mass is 330 g/mol. The van der Waals surface area contributed by atoms with E-state index in [4.69, 9.17) is 4.74 Å². The Balaban J connectivity index is 1.48. The highest BCUT2D eigenvalue weighted by atomic mass is 16.6. The van der Waals surface area contributed by atoms with Crippen LogP contribution in [-0.2, 0) is 9.53 Å². The van der Waals surface area contributed by atoms with Crippen LogP contribution in [0.1, 0.15) is 65.2 Å². The summed E-state index contributed by atoms with van der Waals surface area (Å²) in [6, 6.07) is 0. The fraction of sp³-hybridized carbons (Fsp3) is 0.857. The van der Waals surface area contributed by atoms with Gasteiger partial charge in [0.15, 0.2) is 0 Å². The predicted molar refractivity (Wildman–Crippen MR) is 91.1 cm³/mol. The molecule has 4 aliphatic carbocycles. The molecule has 24 heavy (non-hydrogen) atoms. The van der Waals surface area contributed by atoms with E-state index in [1.165, 1.54) is 31.3 Å². The number of hydrogen-bond donors (Lipinski definition) is 1. The Morgan fingerprint density at radius 2 is 2.00 bits per heavy atom. The molecule has 0 unspecified atom stereocenters. The number of fused-ring (bicyclic) bond motifs is 7. The van der Waals surface area contributed by atoms with Crippen molar-refractivity contribution in [1.29, 1.82) is 0 Å². The smallest absolute Gasteiger partial charge is 0.306 e. The Labute approximate surface area is 144 Å². The number of hydrogen-bond acceptors (Lipinski definition) is 3. The van der Waals surface area contributed by atoms with Crippen molar-refractivity contribution < 1.29 is 14.6 Å². The minimum Gasteiger partial charge on any atom is -0.461 e. The summed E-state index contributed by atoms with van der Waals surface area (Å²) in [7, 11) is 0. The zero-order valence-electron chi connectivity index (χ0n) is 15.0. The van der Waals surface area contributed by atoms with E-state index in [0.29, 0.717) is 23.7 Å². The molecule has 5 rings (SSSR count). The van der Waals surface area contributed by atoms with Gasteiger partial charge in [0.25, 0.3) is 0 Å². The maximum Gasteiger partial charge on any atom is 0.306 e. The lowest BCUT2D eigenvalue weighted by Gasteiger charge is -2.57. The zero-order chi connectivity index (χ0) is 16.7. The molecule has 132 valence electrons. The molecule has 0 aromatic heterocycles. The quantitative estimate of drug-likeness (QED) is 0.542. The first kappa shape index (κ1) is 15.4. The van der Waals surface area contributed by atoms with Gasteiger partial charge in [-0.1, -0.05) is 25.5 Å². The number of carbonyl (C=O) groups excluding carboxylic acids is 1. The molecule has 1 saturated heterocycles. The molecular formula is C21H30O3. The topological polar surface area (TPSA) is 46.5 Å². The van der Waals surface area contributed by atoms with Gasteiger partial charge >= 0.3 is 5.97 Å². The molecule has 1 aliphatic heterocycles. The first-order valence-corrected chi connectivity index (χ1v) is 9.99. The third-order valence-electron chi connectivity index (χ3n) is 8.84. The van der Waals surface area contributed by atoms with Crippen molar-refractivity contribution in [2.45, 2.75) is 77.4 Å². The van der Waals surface area contributed by atoms with Crippen LogP contribution in [0.3, 0.4) is 0 Å². The first-order valence-electron chi connectivity index (χ1n) is 9.99. The summed E-state index contributed by atoms with van der Waals surface area (Å²) in [6.07, 6.45) is 11.0. The predicted octanol–water partition coefficient (Wildman–Crippen LogP) is 3.85. The fourth-order valence-corrected chi connectivity index (χ4v) is 7.60.